The van der Waals surface area contributed by atoms with E-state index < -0.39 is 0 Å². The number of aromatic nitrogens is 1. The summed E-state index contributed by atoms with van der Waals surface area (Å²) in [5.74, 6) is 0.297. The summed E-state index contributed by atoms with van der Waals surface area (Å²) in [5, 5.41) is 2.91. The van der Waals surface area contributed by atoms with Crippen LogP contribution in [0.5, 0.6) is 0 Å². The van der Waals surface area contributed by atoms with E-state index >= 15 is 0 Å². The summed E-state index contributed by atoms with van der Waals surface area (Å²) in [6.45, 7) is 3.18. The number of likely N-dealkylation sites (tertiary alicyclic amines) is 2. The first-order valence-corrected chi connectivity index (χ1v) is 9.37. The van der Waals surface area contributed by atoms with Gasteiger partial charge < -0.3 is 19.5 Å². The van der Waals surface area contributed by atoms with E-state index in [2.05, 4.69) is 10.3 Å². The number of oxazole rings is 1. The van der Waals surface area contributed by atoms with Gasteiger partial charge in [0.2, 0.25) is 11.8 Å². The molecule has 2 saturated heterocycles. The van der Waals surface area contributed by atoms with Gasteiger partial charge in [-0.3, -0.25) is 4.79 Å². The first kappa shape index (κ1) is 16.9. The zero-order valence-electron chi connectivity index (χ0n) is 14.8. The minimum atomic E-state index is -0.167. The van der Waals surface area contributed by atoms with Crippen LogP contribution in [0.15, 0.2) is 28.7 Å². The van der Waals surface area contributed by atoms with E-state index in [1.807, 2.05) is 34.1 Å². The summed E-state index contributed by atoms with van der Waals surface area (Å²) in [7, 11) is 0. The summed E-state index contributed by atoms with van der Waals surface area (Å²) in [6, 6.07) is 7.62. The second-order valence-corrected chi connectivity index (χ2v) is 7.06. The SMILES string of the molecule is O=C(NCc1nc2ccccc2o1)C1CCCN(C(=O)N2CCCC2)C1. The molecule has 0 bridgehead atoms. The standard InChI is InChI=1S/C19H24N4O3/c24-18(20-12-17-21-15-7-1-2-8-16(15)26-17)14-6-5-11-23(13-14)19(25)22-9-3-4-10-22/h1-2,7-8,14H,3-6,9-13H2,(H,20,24). The number of amides is 3. The molecule has 3 heterocycles. The fraction of sp³-hybridized carbons (Fsp3) is 0.526. The molecule has 2 aliphatic heterocycles. The van der Waals surface area contributed by atoms with E-state index in [1.54, 1.807) is 0 Å². The highest BCUT2D eigenvalue weighted by atomic mass is 16.3. The Labute approximate surface area is 152 Å². The molecule has 3 amide bonds. The van der Waals surface area contributed by atoms with Crippen LogP contribution in [-0.2, 0) is 11.3 Å². The lowest BCUT2D eigenvalue weighted by Gasteiger charge is -2.34. The third kappa shape index (κ3) is 3.52. The quantitative estimate of drug-likeness (QED) is 0.916. The number of para-hydroxylation sites is 2. The number of nitrogens with zero attached hydrogens (tertiary/aromatic N) is 3. The van der Waals surface area contributed by atoms with Crippen molar-refractivity contribution in [2.75, 3.05) is 26.2 Å². The van der Waals surface area contributed by atoms with Crippen LogP contribution in [0.25, 0.3) is 11.1 Å². The number of carbonyl (C=O) groups is 2. The Morgan fingerprint density at radius 1 is 1.12 bits per heavy atom. The average molecular weight is 356 g/mol. The van der Waals surface area contributed by atoms with E-state index in [-0.39, 0.29) is 24.4 Å². The number of carbonyl (C=O) groups excluding carboxylic acids is 2. The van der Waals surface area contributed by atoms with Crippen molar-refractivity contribution >= 4 is 23.0 Å². The molecule has 0 saturated carbocycles. The van der Waals surface area contributed by atoms with Gasteiger partial charge in [-0.05, 0) is 37.8 Å². The molecule has 0 spiro atoms. The molecule has 138 valence electrons. The number of hydrogen-bond donors (Lipinski definition) is 1. The maximum atomic E-state index is 12.5. The molecular formula is C19H24N4O3. The van der Waals surface area contributed by atoms with Crippen LogP contribution in [0, 0.1) is 5.92 Å². The Morgan fingerprint density at radius 2 is 1.88 bits per heavy atom. The average Bonchev–Trinajstić information content (AvgIpc) is 3.35. The van der Waals surface area contributed by atoms with Crippen molar-refractivity contribution in [3.05, 3.63) is 30.2 Å². The molecule has 0 radical (unpaired) electrons. The van der Waals surface area contributed by atoms with E-state index in [4.69, 9.17) is 4.42 Å². The number of hydrogen-bond acceptors (Lipinski definition) is 4. The molecule has 2 fully saturated rings. The Kier molecular flexibility index (Phi) is 4.77. The Bertz CT molecular complexity index is 764. The number of urea groups is 1. The van der Waals surface area contributed by atoms with E-state index in [0.717, 1.165) is 56.4 Å². The molecule has 1 unspecified atom stereocenters. The molecule has 1 N–H and O–H groups in total. The minimum absolute atomic E-state index is 0.0359. The second kappa shape index (κ2) is 7.35. The molecule has 7 heteroatoms. The molecule has 26 heavy (non-hydrogen) atoms. The summed E-state index contributed by atoms with van der Waals surface area (Å²) in [6.07, 6.45) is 3.83. The van der Waals surface area contributed by atoms with Gasteiger partial charge in [0.15, 0.2) is 5.58 Å². The topological polar surface area (TPSA) is 78.7 Å². The van der Waals surface area contributed by atoms with Gasteiger partial charge in [-0.2, -0.15) is 0 Å². The van der Waals surface area contributed by atoms with Gasteiger partial charge in [-0.15, -0.1) is 0 Å². The van der Waals surface area contributed by atoms with Gasteiger partial charge in [0, 0.05) is 26.2 Å². The first-order chi connectivity index (χ1) is 12.7. The summed E-state index contributed by atoms with van der Waals surface area (Å²) < 4.78 is 5.64. The summed E-state index contributed by atoms with van der Waals surface area (Å²) in [4.78, 5) is 33.2. The van der Waals surface area contributed by atoms with Crippen molar-refractivity contribution in [2.24, 2.45) is 5.92 Å². The lowest BCUT2D eigenvalue weighted by Crippen LogP contribution is -2.49. The van der Waals surface area contributed by atoms with Crippen molar-refractivity contribution < 1.29 is 14.0 Å². The highest BCUT2D eigenvalue weighted by Gasteiger charge is 2.31. The monoisotopic (exact) mass is 356 g/mol. The van der Waals surface area contributed by atoms with Gasteiger partial charge >= 0.3 is 6.03 Å². The molecule has 2 aromatic rings. The predicted molar refractivity (Wildman–Crippen MR) is 96.4 cm³/mol. The van der Waals surface area contributed by atoms with Crippen LogP contribution in [0.1, 0.15) is 31.6 Å². The maximum Gasteiger partial charge on any atom is 0.320 e. The fourth-order valence-corrected chi connectivity index (χ4v) is 3.78. The van der Waals surface area contributed by atoms with Crippen LogP contribution in [-0.4, -0.2) is 52.9 Å². The van der Waals surface area contributed by atoms with E-state index in [0.29, 0.717) is 12.4 Å². The molecule has 1 aromatic heterocycles. The lowest BCUT2D eigenvalue weighted by atomic mass is 9.97. The molecule has 4 rings (SSSR count). The van der Waals surface area contributed by atoms with Crippen molar-refractivity contribution in [3.8, 4) is 0 Å². The van der Waals surface area contributed by atoms with Gasteiger partial charge in [-0.1, -0.05) is 12.1 Å². The molecular weight excluding hydrogens is 332 g/mol. The van der Waals surface area contributed by atoms with Crippen LogP contribution in [0.4, 0.5) is 4.79 Å². The van der Waals surface area contributed by atoms with Crippen molar-refractivity contribution in [1.82, 2.24) is 20.1 Å². The highest BCUT2D eigenvalue weighted by molar-refractivity contribution is 5.81. The Morgan fingerprint density at radius 3 is 2.69 bits per heavy atom. The van der Waals surface area contributed by atoms with Crippen LogP contribution >= 0.6 is 0 Å². The number of nitrogens with one attached hydrogen (secondary N) is 1. The van der Waals surface area contributed by atoms with Crippen LogP contribution < -0.4 is 5.32 Å². The maximum absolute atomic E-state index is 12.5. The van der Waals surface area contributed by atoms with E-state index in [9.17, 15) is 9.59 Å². The highest BCUT2D eigenvalue weighted by Crippen LogP contribution is 2.20. The number of fused-ring (bicyclic) bond motifs is 1. The van der Waals surface area contributed by atoms with Crippen molar-refractivity contribution in [3.63, 3.8) is 0 Å². The Hall–Kier alpha value is -2.57. The largest absolute Gasteiger partial charge is 0.439 e. The van der Waals surface area contributed by atoms with Crippen LogP contribution in [0.2, 0.25) is 0 Å². The second-order valence-electron chi connectivity index (χ2n) is 7.06. The molecule has 1 atom stereocenters. The van der Waals surface area contributed by atoms with Gasteiger partial charge in [0.25, 0.3) is 0 Å². The third-order valence-electron chi connectivity index (χ3n) is 5.19. The van der Waals surface area contributed by atoms with Gasteiger partial charge in [0.1, 0.15) is 5.52 Å². The molecule has 7 nitrogen and oxygen atoms in total. The van der Waals surface area contributed by atoms with E-state index in [1.165, 1.54) is 0 Å². The normalized spacial score (nSPS) is 20.5. The predicted octanol–water partition coefficient (Wildman–Crippen LogP) is 2.37. The molecule has 2 aliphatic rings. The zero-order valence-corrected chi connectivity index (χ0v) is 14.8. The fourth-order valence-electron chi connectivity index (χ4n) is 3.78. The van der Waals surface area contributed by atoms with Crippen LogP contribution in [0.3, 0.4) is 0 Å². The van der Waals surface area contributed by atoms with Gasteiger partial charge in [0.05, 0.1) is 12.5 Å². The summed E-state index contributed by atoms with van der Waals surface area (Å²) >= 11 is 0. The third-order valence-corrected chi connectivity index (χ3v) is 5.19. The number of rotatable bonds is 3. The smallest absolute Gasteiger partial charge is 0.320 e. The zero-order chi connectivity index (χ0) is 17.9. The van der Waals surface area contributed by atoms with Gasteiger partial charge in [-0.25, -0.2) is 9.78 Å². The minimum Gasteiger partial charge on any atom is -0.439 e. The molecule has 0 aliphatic carbocycles. The van der Waals surface area contributed by atoms with Crippen molar-refractivity contribution in [1.29, 1.82) is 0 Å². The molecule has 1 aromatic carbocycles. The van der Waals surface area contributed by atoms with Crippen molar-refractivity contribution in [2.45, 2.75) is 32.2 Å². The number of piperidine rings is 1. The lowest BCUT2D eigenvalue weighted by molar-refractivity contribution is -0.126. The first-order valence-electron chi connectivity index (χ1n) is 9.37. The summed E-state index contributed by atoms with van der Waals surface area (Å²) in [5.41, 5.74) is 1.51. The number of benzene rings is 1. The Balaban J connectivity index is 1.32.